The summed E-state index contributed by atoms with van der Waals surface area (Å²) < 4.78 is 9.11. The molecule has 3 heterocycles. The van der Waals surface area contributed by atoms with E-state index in [4.69, 9.17) is 14.7 Å². The number of hydrogen-bond donors (Lipinski definition) is 1. The third kappa shape index (κ3) is 3.05. The van der Waals surface area contributed by atoms with Gasteiger partial charge in [0.15, 0.2) is 5.65 Å². The maximum absolute atomic E-state index is 5.43. The molecule has 4 rings (SSSR count). The summed E-state index contributed by atoms with van der Waals surface area (Å²) in [5.74, 6) is 2.17. The van der Waals surface area contributed by atoms with Gasteiger partial charge in [0.2, 0.25) is 0 Å². The van der Waals surface area contributed by atoms with Gasteiger partial charge in [-0.05, 0) is 18.9 Å². The van der Waals surface area contributed by atoms with Gasteiger partial charge in [0, 0.05) is 33.3 Å². The van der Waals surface area contributed by atoms with E-state index in [1.54, 1.807) is 13.3 Å². The van der Waals surface area contributed by atoms with Gasteiger partial charge in [0.1, 0.15) is 11.6 Å². The molecule has 1 saturated carbocycles. The van der Waals surface area contributed by atoms with E-state index >= 15 is 0 Å². The minimum Gasteiger partial charge on any atom is -0.382 e. The van der Waals surface area contributed by atoms with Crippen LogP contribution in [0, 0.1) is 0 Å². The van der Waals surface area contributed by atoms with Gasteiger partial charge in [-0.15, -0.1) is 0 Å². The number of methoxy groups -OCH3 is 1. The molecule has 1 atom stereocenters. The summed E-state index contributed by atoms with van der Waals surface area (Å²) in [5.41, 5.74) is 1.91. The molecule has 3 aromatic heterocycles. The van der Waals surface area contributed by atoms with Crippen molar-refractivity contribution in [3.05, 3.63) is 30.0 Å². The maximum atomic E-state index is 5.43. The molecule has 1 N–H and O–H groups in total. The molecular weight excluding hydrogens is 330 g/mol. The molecular formula is C18H25N7O. The van der Waals surface area contributed by atoms with Crippen molar-refractivity contribution >= 4 is 16.9 Å². The SMILES string of the molecule is COCC(Nc1nc(C2CCCC2)nc2c1cnn2C)c1ccnn1C. The first-order valence-corrected chi connectivity index (χ1v) is 9.10. The summed E-state index contributed by atoms with van der Waals surface area (Å²) in [6.45, 7) is 0.518. The van der Waals surface area contributed by atoms with Gasteiger partial charge in [-0.1, -0.05) is 12.8 Å². The number of hydrogen-bond acceptors (Lipinski definition) is 6. The van der Waals surface area contributed by atoms with Crippen molar-refractivity contribution in [2.75, 3.05) is 19.0 Å². The summed E-state index contributed by atoms with van der Waals surface area (Å²) in [6, 6.07) is 1.94. The monoisotopic (exact) mass is 355 g/mol. The van der Waals surface area contributed by atoms with Crippen LogP contribution in [-0.4, -0.2) is 43.2 Å². The molecule has 1 fully saturated rings. The first kappa shape index (κ1) is 17.0. The van der Waals surface area contributed by atoms with E-state index in [0.717, 1.165) is 41.2 Å². The van der Waals surface area contributed by atoms with Crippen LogP contribution < -0.4 is 5.32 Å². The summed E-state index contributed by atoms with van der Waals surface area (Å²) >= 11 is 0. The Labute approximate surface area is 152 Å². The maximum Gasteiger partial charge on any atom is 0.163 e. The minimum atomic E-state index is -0.0535. The zero-order valence-corrected chi connectivity index (χ0v) is 15.5. The molecule has 0 bridgehead atoms. The van der Waals surface area contributed by atoms with Crippen LogP contribution in [0.15, 0.2) is 18.5 Å². The molecule has 8 heteroatoms. The second-order valence-electron chi connectivity index (χ2n) is 6.95. The van der Waals surface area contributed by atoms with Gasteiger partial charge < -0.3 is 10.1 Å². The van der Waals surface area contributed by atoms with Crippen molar-refractivity contribution < 1.29 is 4.74 Å². The Morgan fingerprint density at radius 3 is 2.69 bits per heavy atom. The highest BCUT2D eigenvalue weighted by Gasteiger charge is 2.24. The van der Waals surface area contributed by atoms with Crippen LogP contribution in [-0.2, 0) is 18.8 Å². The van der Waals surface area contributed by atoms with Crippen LogP contribution in [0.3, 0.4) is 0 Å². The molecule has 0 aromatic carbocycles. The molecule has 0 amide bonds. The van der Waals surface area contributed by atoms with E-state index in [-0.39, 0.29) is 6.04 Å². The highest BCUT2D eigenvalue weighted by molar-refractivity contribution is 5.86. The van der Waals surface area contributed by atoms with Crippen molar-refractivity contribution in [3.63, 3.8) is 0 Å². The lowest BCUT2D eigenvalue weighted by molar-refractivity contribution is 0.184. The van der Waals surface area contributed by atoms with E-state index in [2.05, 4.69) is 15.5 Å². The van der Waals surface area contributed by atoms with Crippen LogP contribution in [0.25, 0.3) is 11.0 Å². The van der Waals surface area contributed by atoms with E-state index in [1.807, 2.05) is 35.7 Å². The fourth-order valence-corrected chi connectivity index (χ4v) is 3.77. The Morgan fingerprint density at radius 2 is 2.00 bits per heavy atom. The Bertz CT molecular complexity index is 894. The molecule has 0 saturated heterocycles. The predicted molar refractivity (Wildman–Crippen MR) is 99.0 cm³/mol. The van der Waals surface area contributed by atoms with Crippen LogP contribution in [0.5, 0.6) is 0 Å². The Kier molecular flexibility index (Phi) is 4.58. The third-order valence-electron chi connectivity index (χ3n) is 5.19. The Hall–Kier alpha value is -2.48. The first-order chi connectivity index (χ1) is 12.7. The fourth-order valence-electron chi connectivity index (χ4n) is 3.77. The average molecular weight is 355 g/mol. The average Bonchev–Trinajstić information content (AvgIpc) is 3.36. The van der Waals surface area contributed by atoms with Crippen molar-refractivity contribution in [1.29, 1.82) is 0 Å². The number of aryl methyl sites for hydroxylation is 2. The molecule has 26 heavy (non-hydrogen) atoms. The molecule has 0 radical (unpaired) electrons. The summed E-state index contributed by atoms with van der Waals surface area (Å²) in [5, 5.41) is 13.1. The smallest absolute Gasteiger partial charge is 0.163 e. The minimum absolute atomic E-state index is 0.0535. The largest absolute Gasteiger partial charge is 0.382 e. The van der Waals surface area contributed by atoms with Gasteiger partial charge in [0.25, 0.3) is 0 Å². The fraction of sp³-hybridized carbons (Fsp3) is 0.556. The zero-order chi connectivity index (χ0) is 18.1. The Balaban J connectivity index is 1.75. The number of aromatic nitrogens is 6. The first-order valence-electron chi connectivity index (χ1n) is 9.10. The molecule has 1 aliphatic carbocycles. The van der Waals surface area contributed by atoms with Crippen LogP contribution in [0.4, 0.5) is 5.82 Å². The summed E-state index contributed by atoms with van der Waals surface area (Å²) in [6.07, 6.45) is 8.44. The van der Waals surface area contributed by atoms with E-state index in [0.29, 0.717) is 12.5 Å². The Morgan fingerprint density at radius 1 is 1.19 bits per heavy atom. The zero-order valence-electron chi connectivity index (χ0n) is 15.5. The van der Waals surface area contributed by atoms with Gasteiger partial charge in [-0.2, -0.15) is 10.2 Å². The predicted octanol–water partition coefficient (Wildman–Crippen LogP) is 2.55. The highest BCUT2D eigenvalue weighted by atomic mass is 16.5. The van der Waals surface area contributed by atoms with Crippen molar-refractivity contribution in [3.8, 4) is 0 Å². The molecule has 8 nitrogen and oxygen atoms in total. The van der Waals surface area contributed by atoms with Gasteiger partial charge in [-0.25, -0.2) is 9.97 Å². The lowest BCUT2D eigenvalue weighted by Gasteiger charge is -2.20. The summed E-state index contributed by atoms with van der Waals surface area (Å²) in [4.78, 5) is 9.71. The van der Waals surface area contributed by atoms with Crippen molar-refractivity contribution in [2.45, 2.75) is 37.6 Å². The van der Waals surface area contributed by atoms with E-state index in [9.17, 15) is 0 Å². The number of fused-ring (bicyclic) bond motifs is 1. The summed E-state index contributed by atoms with van der Waals surface area (Å²) in [7, 11) is 5.56. The number of ether oxygens (including phenoxy) is 1. The lowest BCUT2D eigenvalue weighted by Crippen LogP contribution is -2.21. The van der Waals surface area contributed by atoms with Crippen molar-refractivity contribution in [1.82, 2.24) is 29.5 Å². The normalized spacial score (nSPS) is 16.4. The second-order valence-corrected chi connectivity index (χ2v) is 6.95. The quantitative estimate of drug-likeness (QED) is 0.732. The second kappa shape index (κ2) is 7.03. The topological polar surface area (TPSA) is 82.7 Å². The highest BCUT2D eigenvalue weighted by Crippen LogP contribution is 2.34. The van der Waals surface area contributed by atoms with Crippen LogP contribution in [0.1, 0.15) is 49.2 Å². The van der Waals surface area contributed by atoms with Crippen LogP contribution in [0.2, 0.25) is 0 Å². The van der Waals surface area contributed by atoms with Crippen LogP contribution >= 0.6 is 0 Å². The standard InChI is InChI=1S/C18H25N7O/c1-24-15(8-9-19-24)14(11-26-3)21-17-13-10-20-25(2)18(13)23-16(22-17)12-6-4-5-7-12/h8-10,12,14H,4-7,11H2,1-3H3,(H,21,22,23). The van der Waals surface area contributed by atoms with Gasteiger partial charge >= 0.3 is 0 Å². The number of anilines is 1. The lowest BCUT2D eigenvalue weighted by atomic mass is 10.1. The molecule has 3 aromatic rings. The van der Waals surface area contributed by atoms with Gasteiger partial charge in [0.05, 0.1) is 29.9 Å². The molecule has 1 unspecified atom stereocenters. The number of nitrogens with one attached hydrogen (secondary N) is 1. The van der Waals surface area contributed by atoms with Gasteiger partial charge in [-0.3, -0.25) is 9.36 Å². The molecule has 1 aliphatic rings. The molecule has 138 valence electrons. The number of rotatable bonds is 6. The third-order valence-corrected chi connectivity index (χ3v) is 5.19. The van der Waals surface area contributed by atoms with E-state index in [1.165, 1.54) is 12.8 Å². The number of nitrogens with zero attached hydrogens (tertiary/aromatic N) is 6. The van der Waals surface area contributed by atoms with E-state index < -0.39 is 0 Å². The molecule has 0 aliphatic heterocycles. The molecule has 0 spiro atoms. The van der Waals surface area contributed by atoms with Crippen molar-refractivity contribution in [2.24, 2.45) is 14.1 Å².